The number of aromatic amines is 1. The first-order chi connectivity index (χ1) is 13.8. The summed E-state index contributed by atoms with van der Waals surface area (Å²) in [5, 5.41) is 20.3. The highest BCUT2D eigenvalue weighted by Gasteiger charge is 2.21. The molecule has 3 aromatic rings. The fourth-order valence-electron chi connectivity index (χ4n) is 2.44. The Labute approximate surface area is 171 Å². The summed E-state index contributed by atoms with van der Waals surface area (Å²) >= 11 is 3.34. The van der Waals surface area contributed by atoms with E-state index in [0.29, 0.717) is 16.9 Å². The first-order valence-electron chi connectivity index (χ1n) is 8.16. The molecule has 1 aromatic heterocycles. The van der Waals surface area contributed by atoms with Crippen LogP contribution in [-0.2, 0) is 6.61 Å². The lowest BCUT2D eigenvalue weighted by Gasteiger charge is -2.10. The zero-order valence-corrected chi connectivity index (χ0v) is 16.2. The summed E-state index contributed by atoms with van der Waals surface area (Å²) in [6.07, 6.45) is 2.88. The van der Waals surface area contributed by atoms with E-state index in [1.807, 2.05) is 0 Å². The van der Waals surface area contributed by atoms with Gasteiger partial charge in [-0.3, -0.25) is 14.9 Å². The minimum Gasteiger partial charge on any atom is -0.488 e. The van der Waals surface area contributed by atoms with Crippen molar-refractivity contribution in [3.63, 3.8) is 0 Å². The highest BCUT2D eigenvalue weighted by molar-refractivity contribution is 9.10. The SMILES string of the molecule is O=c1[nH]c(C=Cc2cc(Br)ccc2OCc2ccccc2F)nc(O)c1[N+](=O)[O-]. The van der Waals surface area contributed by atoms with E-state index in [-0.39, 0.29) is 18.2 Å². The standard InChI is InChI=1S/C19H13BrFN3O5/c20-13-6-7-15(29-10-12-3-1-2-4-14(12)21)11(9-13)5-8-16-22-18(25)17(24(27)28)19(26)23-16/h1-9H,10H2,(H2,22,23,25,26). The molecule has 0 aliphatic rings. The Morgan fingerprint density at radius 3 is 2.72 bits per heavy atom. The van der Waals surface area contributed by atoms with Gasteiger partial charge in [-0.2, -0.15) is 4.98 Å². The molecule has 0 unspecified atom stereocenters. The molecule has 0 atom stereocenters. The van der Waals surface area contributed by atoms with Crippen LogP contribution in [0.5, 0.6) is 11.6 Å². The molecule has 0 fully saturated rings. The maximum atomic E-state index is 13.8. The van der Waals surface area contributed by atoms with Crippen LogP contribution in [0.3, 0.4) is 0 Å². The third kappa shape index (κ3) is 4.85. The summed E-state index contributed by atoms with van der Waals surface area (Å²) in [6.45, 7) is 0.00253. The van der Waals surface area contributed by atoms with Crippen LogP contribution in [0.25, 0.3) is 12.2 Å². The lowest BCUT2D eigenvalue weighted by atomic mass is 10.1. The van der Waals surface area contributed by atoms with E-state index in [0.717, 1.165) is 4.47 Å². The molecule has 0 aliphatic heterocycles. The molecule has 0 radical (unpaired) electrons. The largest absolute Gasteiger partial charge is 0.488 e. The van der Waals surface area contributed by atoms with Gasteiger partial charge >= 0.3 is 11.2 Å². The van der Waals surface area contributed by atoms with Crippen molar-refractivity contribution in [3.8, 4) is 11.6 Å². The van der Waals surface area contributed by atoms with Gasteiger partial charge in [0.1, 0.15) is 24.0 Å². The minimum atomic E-state index is -1.08. The van der Waals surface area contributed by atoms with Gasteiger partial charge in [0.15, 0.2) is 0 Å². The molecular weight excluding hydrogens is 449 g/mol. The molecule has 29 heavy (non-hydrogen) atoms. The fourth-order valence-corrected chi connectivity index (χ4v) is 2.82. The molecule has 3 rings (SSSR count). The highest BCUT2D eigenvalue weighted by Crippen LogP contribution is 2.26. The monoisotopic (exact) mass is 461 g/mol. The third-order valence-electron chi connectivity index (χ3n) is 3.81. The summed E-state index contributed by atoms with van der Waals surface area (Å²) in [7, 11) is 0. The van der Waals surface area contributed by atoms with E-state index < -0.39 is 22.0 Å². The van der Waals surface area contributed by atoms with Crippen molar-refractivity contribution in [2.75, 3.05) is 0 Å². The Bertz CT molecular complexity index is 1160. The quantitative estimate of drug-likeness (QED) is 0.422. The van der Waals surface area contributed by atoms with E-state index >= 15 is 0 Å². The van der Waals surface area contributed by atoms with Crippen LogP contribution in [0.1, 0.15) is 17.0 Å². The molecule has 10 heteroatoms. The Hall–Kier alpha value is -3.53. The van der Waals surface area contributed by atoms with E-state index in [2.05, 4.69) is 25.9 Å². The van der Waals surface area contributed by atoms with Gasteiger partial charge in [-0.25, -0.2) is 4.39 Å². The maximum absolute atomic E-state index is 13.8. The number of hydrogen-bond acceptors (Lipinski definition) is 6. The Morgan fingerprint density at radius 2 is 2.03 bits per heavy atom. The normalized spacial score (nSPS) is 11.0. The zero-order valence-electron chi connectivity index (χ0n) is 14.6. The summed E-state index contributed by atoms with van der Waals surface area (Å²) in [5.74, 6) is -1.02. The van der Waals surface area contributed by atoms with Gasteiger partial charge in [-0.05, 0) is 36.4 Å². The summed E-state index contributed by atoms with van der Waals surface area (Å²) in [6, 6.07) is 11.4. The number of nitro groups is 1. The van der Waals surface area contributed by atoms with Crippen LogP contribution in [0, 0.1) is 15.9 Å². The topological polar surface area (TPSA) is 118 Å². The van der Waals surface area contributed by atoms with Crippen LogP contribution in [0.4, 0.5) is 10.1 Å². The van der Waals surface area contributed by atoms with E-state index in [9.17, 15) is 24.4 Å². The smallest absolute Gasteiger partial charge is 0.395 e. The Morgan fingerprint density at radius 1 is 1.28 bits per heavy atom. The molecule has 1 heterocycles. The summed E-state index contributed by atoms with van der Waals surface area (Å²) in [5.41, 5.74) is -1.15. The third-order valence-corrected chi connectivity index (χ3v) is 4.30. The Kier molecular flexibility index (Phi) is 6.03. The van der Waals surface area contributed by atoms with Crippen LogP contribution in [-0.4, -0.2) is 20.0 Å². The van der Waals surface area contributed by atoms with Gasteiger partial charge in [0, 0.05) is 15.6 Å². The average Bonchev–Trinajstić information content (AvgIpc) is 2.66. The van der Waals surface area contributed by atoms with Crippen molar-refractivity contribution in [2.24, 2.45) is 0 Å². The van der Waals surface area contributed by atoms with Crippen molar-refractivity contribution in [3.05, 3.63) is 90.2 Å². The number of H-pyrrole nitrogens is 1. The number of nitrogens with one attached hydrogen (secondary N) is 1. The van der Waals surface area contributed by atoms with E-state index in [1.165, 1.54) is 18.2 Å². The summed E-state index contributed by atoms with van der Waals surface area (Å²) in [4.78, 5) is 27.3. The number of benzene rings is 2. The fraction of sp³-hybridized carbons (Fsp3) is 0.0526. The van der Waals surface area contributed by atoms with Gasteiger partial charge in [0.2, 0.25) is 0 Å². The number of hydrogen-bond donors (Lipinski definition) is 2. The van der Waals surface area contributed by atoms with Crippen LogP contribution in [0.2, 0.25) is 0 Å². The van der Waals surface area contributed by atoms with Crippen molar-refractivity contribution < 1.29 is 19.2 Å². The molecule has 0 amide bonds. The predicted molar refractivity (Wildman–Crippen MR) is 107 cm³/mol. The molecule has 0 spiro atoms. The number of rotatable bonds is 6. The maximum Gasteiger partial charge on any atom is 0.395 e. The van der Waals surface area contributed by atoms with Crippen molar-refractivity contribution in [2.45, 2.75) is 6.61 Å². The van der Waals surface area contributed by atoms with Gasteiger partial charge in [-0.15, -0.1) is 0 Å². The molecule has 0 bridgehead atoms. The molecule has 0 saturated carbocycles. The van der Waals surface area contributed by atoms with E-state index in [1.54, 1.807) is 36.4 Å². The minimum absolute atomic E-state index is 0.00253. The van der Waals surface area contributed by atoms with Crippen molar-refractivity contribution in [1.29, 1.82) is 0 Å². The van der Waals surface area contributed by atoms with Crippen LogP contribution in [0.15, 0.2) is 51.7 Å². The van der Waals surface area contributed by atoms with E-state index in [4.69, 9.17) is 4.74 Å². The average molecular weight is 462 g/mol. The lowest BCUT2D eigenvalue weighted by molar-refractivity contribution is -0.387. The van der Waals surface area contributed by atoms with Gasteiger partial charge in [0.05, 0.1) is 4.92 Å². The molecule has 8 nitrogen and oxygen atoms in total. The molecule has 148 valence electrons. The van der Waals surface area contributed by atoms with Crippen molar-refractivity contribution in [1.82, 2.24) is 9.97 Å². The number of nitrogens with zero attached hydrogens (tertiary/aromatic N) is 2. The first kappa shape index (κ1) is 20.2. The van der Waals surface area contributed by atoms with Crippen LogP contribution < -0.4 is 10.3 Å². The molecule has 2 aromatic carbocycles. The predicted octanol–water partition coefficient (Wildman–Crippen LogP) is 4.03. The van der Waals surface area contributed by atoms with Gasteiger partial charge in [0.25, 0.3) is 5.88 Å². The number of aromatic nitrogens is 2. The zero-order chi connectivity index (χ0) is 21.0. The first-order valence-corrected chi connectivity index (χ1v) is 8.96. The summed E-state index contributed by atoms with van der Waals surface area (Å²) < 4.78 is 20.2. The molecular formula is C19H13BrFN3O5. The second kappa shape index (κ2) is 8.65. The second-order valence-electron chi connectivity index (χ2n) is 5.78. The lowest BCUT2D eigenvalue weighted by Crippen LogP contribution is -2.14. The highest BCUT2D eigenvalue weighted by atomic mass is 79.9. The second-order valence-corrected chi connectivity index (χ2v) is 6.69. The number of ether oxygens (including phenoxy) is 1. The van der Waals surface area contributed by atoms with Crippen LogP contribution >= 0.6 is 15.9 Å². The van der Waals surface area contributed by atoms with Crippen molar-refractivity contribution >= 4 is 33.8 Å². The Balaban J connectivity index is 1.87. The number of aromatic hydroxyl groups is 1. The number of halogens is 2. The molecule has 0 saturated heterocycles. The molecule has 2 N–H and O–H groups in total. The van der Waals surface area contributed by atoms with Gasteiger partial charge < -0.3 is 14.8 Å². The molecule has 0 aliphatic carbocycles. The van der Waals surface area contributed by atoms with Gasteiger partial charge in [-0.1, -0.05) is 34.1 Å².